The van der Waals surface area contributed by atoms with Crippen LogP contribution >= 0.6 is 12.4 Å². The third-order valence-electron chi connectivity index (χ3n) is 2.79. The zero-order valence-electron chi connectivity index (χ0n) is 11.8. The van der Waals surface area contributed by atoms with Crippen LogP contribution in [0.2, 0.25) is 0 Å². The van der Waals surface area contributed by atoms with Crippen LogP contribution in [0.3, 0.4) is 0 Å². The molecule has 21 heavy (non-hydrogen) atoms. The molecular formula is C14H20ClFN2O3. The molecule has 0 spiro atoms. The molecule has 0 aliphatic rings. The Morgan fingerprint density at radius 1 is 1.29 bits per heavy atom. The molecule has 0 aliphatic carbocycles. The van der Waals surface area contributed by atoms with E-state index < -0.39 is 12.0 Å². The maximum absolute atomic E-state index is 12.7. The topological polar surface area (TPSA) is 78.4 Å². The van der Waals surface area contributed by atoms with Crippen molar-refractivity contribution in [3.05, 3.63) is 35.6 Å². The van der Waals surface area contributed by atoms with Gasteiger partial charge in [0.2, 0.25) is 5.91 Å². The Bertz CT molecular complexity index is 454. The fourth-order valence-corrected chi connectivity index (χ4v) is 1.68. The number of carboxylic acids is 1. The molecule has 0 heterocycles. The summed E-state index contributed by atoms with van der Waals surface area (Å²) in [6.07, 6.45) is 1.20. The van der Waals surface area contributed by atoms with E-state index in [-0.39, 0.29) is 37.2 Å². The number of hydrogen-bond donors (Lipinski definition) is 3. The fraction of sp³-hybridized carbons (Fsp3) is 0.429. The highest BCUT2D eigenvalue weighted by Crippen LogP contribution is 2.02. The first kappa shape index (κ1) is 19.3. The summed E-state index contributed by atoms with van der Waals surface area (Å²) in [5, 5.41) is 14.3. The lowest BCUT2D eigenvalue weighted by molar-refractivity contribution is -0.139. The van der Waals surface area contributed by atoms with Crippen molar-refractivity contribution in [3.63, 3.8) is 0 Å². The van der Waals surface area contributed by atoms with Crippen molar-refractivity contribution in [2.45, 2.75) is 32.4 Å². The maximum atomic E-state index is 12.7. The second-order valence-electron chi connectivity index (χ2n) is 4.46. The molecule has 1 aromatic carbocycles. The molecular weight excluding hydrogens is 299 g/mol. The van der Waals surface area contributed by atoms with Crippen molar-refractivity contribution < 1.29 is 19.1 Å². The van der Waals surface area contributed by atoms with Gasteiger partial charge in [-0.1, -0.05) is 25.5 Å². The van der Waals surface area contributed by atoms with Crippen molar-refractivity contribution in [3.8, 4) is 0 Å². The van der Waals surface area contributed by atoms with E-state index in [0.717, 1.165) is 12.0 Å². The smallest absolute Gasteiger partial charge is 0.320 e. The Morgan fingerprint density at radius 3 is 2.43 bits per heavy atom. The van der Waals surface area contributed by atoms with Crippen LogP contribution in [0.15, 0.2) is 24.3 Å². The predicted molar refractivity (Wildman–Crippen MR) is 79.8 cm³/mol. The highest BCUT2D eigenvalue weighted by Gasteiger charge is 2.16. The van der Waals surface area contributed by atoms with Gasteiger partial charge in [-0.25, -0.2) is 4.39 Å². The molecule has 1 rings (SSSR count). The first-order valence-electron chi connectivity index (χ1n) is 6.50. The van der Waals surface area contributed by atoms with E-state index in [0.29, 0.717) is 6.42 Å². The molecule has 0 aromatic heterocycles. The minimum absolute atomic E-state index is 0. The third-order valence-corrected chi connectivity index (χ3v) is 2.79. The van der Waals surface area contributed by atoms with Gasteiger partial charge in [-0.3, -0.25) is 14.9 Å². The lowest BCUT2D eigenvalue weighted by Crippen LogP contribution is -2.42. The molecule has 7 heteroatoms. The van der Waals surface area contributed by atoms with E-state index >= 15 is 0 Å². The SMILES string of the molecule is CCCC(NCC(=O)NCc1ccc(F)cc1)C(=O)O.Cl. The molecule has 0 bridgehead atoms. The maximum Gasteiger partial charge on any atom is 0.320 e. The number of aliphatic carboxylic acids is 1. The van der Waals surface area contributed by atoms with Crippen LogP contribution in [0.4, 0.5) is 4.39 Å². The number of halogens is 2. The van der Waals surface area contributed by atoms with E-state index in [4.69, 9.17) is 5.11 Å². The van der Waals surface area contributed by atoms with Crippen molar-refractivity contribution in [2.75, 3.05) is 6.54 Å². The quantitative estimate of drug-likeness (QED) is 0.682. The van der Waals surface area contributed by atoms with Crippen LogP contribution in [-0.4, -0.2) is 29.6 Å². The lowest BCUT2D eigenvalue weighted by atomic mass is 10.1. The Labute approximate surface area is 129 Å². The number of carbonyl (C=O) groups excluding carboxylic acids is 1. The number of carboxylic acid groups (broad SMARTS) is 1. The summed E-state index contributed by atoms with van der Waals surface area (Å²) in [4.78, 5) is 22.5. The Balaban J connectivity index is 0.00000400. The summed E-state index contributed by atoms with van der Waals surface area (Å²) in [6, 6.07) is 5.10. The van der Waals surface area contributed by atoms with Crippen molar-refractivity contribution in [1.29, 1.82) is 0 Å². The monoisotopic (exact) mass is 318 g/mol. The lowest BCUT2D eigenvalue weighted by Gasteiger charge is -2.13. The van der Waals surface area contributed by atoms with Gasteiger partial charge in [-0.05, 0) is 24.1 Å². The summed E-state index contributed by atoms with van der Waals surface area (Å²) in [6.45, 7) is 2.11. The molecule has 1 aromatic rings. The van der Waals surface area contributed by atoms with Gasteiger partial charge in [-0.15, -0.1) is 12.4 Å². The van der Waals surface area contributed by atoms with Gasteiger partial charge < -0.3 is 10.4 Å². The van der Waals surface area contributed by atoms with Gasteiger partial charge in [0.25, 0.3) is 0 Å². The van der Waals surface area contributed by atoms with Crippen LogP contribution in [-0.2, 0) is 16.1 Å². The average Bonchev–Trinajstić information content (AvgIpc) is 2.42. The normalized spacial score (nSPS) is 11.3. The first-order chi connectivity index (χ1) is 9.52. The molecule has 0 aliphatic heterocycles. The van der Waals surface area contributed by atoms with Gasteiger partial charge in [0.05, 0.1) is 6.54 Å². The van der Waals surface area contributed by atoms with Gasteiger partial charge >= 0.3 is 5.97 Å². The van der Waals surface area contributed by atoms with E-state index in [9.17, 15) is 14.0 Å². The largest absolute Gasteiger partial charge is 0.480 e. The summed E-state index contributed by atoms with van der Waals surface area (Å²) in [7, 11) is 0. The minimum Gasteiger partial charge on any atom is -0.480 e. The van der Waals surface area contributed by atoms with Crippen LogP contribution in [0.25, 0.3) is 0 Å². The zero-order valence-corrected chi connectivity index (χ0v) is 12.6. The van der Waals surface area contributed by atoms with Crippen molar-refractivity contribution in [1.82, 2.24) is 10.6 Å². The Kier molecular flexibility index (Phi) is 9.32. The molecule has 1 amide bonds. The summed E-state index contributed by atoms with van der Waals surface area (Å²) >= 11 is 0. The molecule has 1 unspecified atom stereocenters. The number of rotatable bonds is 8. The predicted octanol–water partition coefficient (Wildman–Crippen LogP) is 1.71. The molecule has 0 saturated heterocycles. The molecule has 0 fully saturated rings. The molecule has 0 radical (unpaired) electrons. The molecule has 1 atom stereocenters. The molecule has 5 nitrogen and oxygen atoms in total. The number of amides is 1. The number of hydrogen-bond acceptors (Lipinski definition) is 3. The third kappa shape index (κ3) is 7.63. The number of nitrogens with one attached hydrogen (secondary N) is 2. The highest BCUT2D eigenvalue weighted by atomic mass is 35.5. The second kappa shape index (κ2) is 10.1. The van der Waals surface area contributed by atoms with E-state index in [1.807, 2.05) is 6.92 Å². The molecule has 0 saturated carbocycles. The molecule has 118 valence electrons. The Hall–Kier alpha value is -1.66. The van der Waals surface area contributed by atoms with Gasteiger partial charge in [0.1, 0.15) is 11.9 Å². The standard InChI is InChI=1S/C14H19FN2O3.ClH/c1-2-3-12(14(19)20)16-9-13(18)17-8-10-4-6-11(15)7-5-10;/h4-7,12,16H,2-3,8-9H2,1H3,(H,17,18)(H,19,20);1H. The summed E-state index contributed by atoms with van der Waals surface area (Å²) in [5.41, 5.74) is 0.781. The van der Waals surface area contributed by atoms with Crippen molar-refractivity contribution >= 4 is 24.3 Å². The zero-order chi connectivity index (χ0) is 15.0. The Morgan fingerprint density at radius 2 is 1.90 bits per heavy atom. The van der Waals surface area contributed by atoms with E-state index in [1.165, 1.54) is 12.1 Å². The van der Waals surface area contributed by atoms with Gasteiger partial charge in [0.15, 0.2) is 0 Å². The number of benzene rings is 1. The minimum atomic E-state index is -0.960. The van der Waals surface area contributed by atoms with Gasteiger partial charge in [-0.2, -0.15) is 0 Å². The highest BCUT2D eigenvalue weighted by molar-refractivity contribution is 5.85. The van der Waals surface area contributed by atoms with Crippen molar-refractivity contribution in [2.24, 2.45) is 0 Å². The number of carbonyl (C=O) groups is 2. The second-order valence-corrected chi connectivity index (χ2v) is 4.46. The van der Waals surface area contributed by atoms with Crippen LogP contribution in [0.5, 0.6) is 0 Å². The average molecular weight is 319 g/mol. The van der Waals surface area contributed by atoms with Crippen LogP contribution < -0.4 is 10.6 Å². The van der Waals surface area contributed by atoms with Crippen LogP contribution in [0.1, 0.15) is 25.3 Å². The van der Waals surface area contributed by atoms with Gasteiger partial charge in [0, 0.05) is 6.54 Å². The van der Waals surface area contributed by atoms with E-state index in [1.54, 1.807) is 12.1 Å². The van der Waals surface area contributed by atoms with Crippen LogP contribution in [0, 0.1) is 5.82 Å². The molecule has 3 N–H and O–H groups in total. The summed E-state index contributed by atoms with van der Waals surface area (Å²) < 4.78 is 12.7. The summed E-state index contributed by atoms with van der Waals surface area (Å²) in [5.74, 6) is -1.58. The van der Waals surface area contributed by atoms with E-state index in [2.05, 4.69) is 10.6 Å². The first-order valence-corrected chi connectivity index (χ1v) is 6.50. The fourth-order valence-electron chi connectivity index (χ4n) is 1.68.